The lowest BCUT2D eigenvalue weighted by Gasteiger charge is -2.26. The van der Waals surface area contributed by atoms with Gasteiger partial charge in [-0.15, -0.1) is 10.2 Å². The third kappa shape index (κ3) is 5.51. The highest BCUT2D eigenvalue weighted by Crippen LogP contribution is 2.33. The van der Waals surface area contributed by atoms with Crippen LogP contribution in [-0.4, -0.2) is 53.8 Å². The van der Waals surface area contributed by atoms with Crippen LogP contribution in [-0.2, 0) is 20.5 Å². The molecule has 3 aromatic carbocycles. The molecule has 0 bridgehead atoms. The van der Waals surface area contributed by atoms with Gasteiger partial charge in [-0.2, -0.15) is 9.57 Å². The molecule has 1 atom stereocenters. The number of hydrogen-bond donors (Lipinski definition) is 0. The zero-order valence-corrected chi connectivity index (χ0v) is 22.5. The van der Waals surface area contributed by atoms with Crippen molar-refractivity contribution >= 4 is 21.8 Å². The Morgan fingerprint density at radius 3 is 2.45 bits per heavy atom. The number of morpholine rings is 1. The third-order valence-electron chi connectivity index (χ3n) is 6.48. The summed E-state index contributed by atoms with van der Waals surface area (Å²) >= 11 is 1.55. The van der Waals surface area contributed by atoms with Crippen molar-refractivity contribution in [1.82, 2.24) is 19.1 Å². The van der Waals surface area contributed by atoms with Crippen molar-refractivity contribution in [3.05, 3.63) is 95.6 Å². The number of sulfonamides is 1. The molecule has 8 nitrogen and oxygen atoms in total. The second-order valence-electron chi connectivity index (χ2n) is 8.90. The molecule has 0 amide bonds. The second kappa shape index (κ2) is 11.5. The van der Waals surface area contributed by atoms with Gasteiger partial charge in [0.25, 0.3) is 0 Å². The SMILES string of the molecule is C[C@@H](c1ccccc1)n1c(SCc2ccc(C#N)cc2)nnc1-c1cccc(S(=O)(=O)N2CCOCC2)c1. The molecule has 0 saturated carbocycles. The van der Waals surface area contributed by atoms with Gasteiger partial charge >= 0.3 is 0 Å². The maximum absolute atomic E-state index is 13.3. The van der Waals surface area contributed by atoms with E-state index in [1.165, 1.54) is 4.31 Å². The predicted octanol–water partition coefficient (Wildman–Crippen LogP) is 4.74. The number of nitriles is 1. The number of thioether (sulfide) groups is 1. The summed E-state index contributed by atoms with van der Waals surface area (Å²) < 4.78 is 35.5. The smallest absolute Gasteiger partial charge is 0.243 e. The van der Waals surface area contributed by atoms with Gasteiger partial charge in [0.15, 0.2) is 11.0 Å². The highest BCUT2D eigenvalue weighted by Gasteiger charge is 2.27. The largest absolute Gasteiger partial charge is 0.379 e. The maximum atomic E-state index is 13.3. The molecule has 0 N–H and O–H groups in total. The molecule has 4 aromatic rings. The molecule has 1 aromatic heterocycles. The summed E-state index contributed by atoms with van der Waals surface area (Å²) in [6, 6.07) is 26.5. The maximum Gasteiger partial charge on any atom is 0.243 e. The minimum Gasteiger partial charge on any atom is -0.379 e. The van der Waals surface area contributed by atoms with Gasteiger partial charge in [0, 0.05) is 24.4 Å². The van der Waals surface area contributed by atoms with Crippen molar-refractivity contribution in [3.8, 4) is 17.5 Å². The molecule has 0 radical (unpaired) electrons. The van der Waals surface area contributed by atoms with Crippen LogP contribution < -0.4 is 0 Å². The second-order valence-corrected chi connectivity index (χ2v) is 11.8. The van der Waals surface area contributed by atoms with Gasteiger partial charge in [-0.25, -0.2) is 8.42 Å². The van der Waals surface area contributed by atoms with Crippen LogP contribution >= 0.6 is 11.8 Å². The van der Waals surface area contributed by atoms with Crippen LogP contribution in [0, 0.1) is 11.3 Å². The van der Waals surface area contributed by atoms with Gasteiger partial charge in [0.05, 0.1) is 35.8 Å². The molecule has 1 fully saturated rings. The van der Waals surface area contributed by atoms with Gasteiger partial charge in [0.2, 0.25) is 10.0 Å². The van der Waals surface area contributed by atoms with Gasteiger partial charge in [-0.3, -0.25) is 4.57 Å². The van der Waals surface area contributed by atoms with Crippen LogP contribution in [0.2, 0.25) is 0 Å². The molecule has 194 valence electrons. The molecule has 2 heterocycles. The summed E-state index contributed by atoms with van der Waals surface area (Å²) in [4.78, 5) is 0.227. The van der Waals surface area contributed by atoms with Crippen LogP contribution in [0.3, 0.4) is 0 Å². The van der Waals surface area contributed by atoms with Crippen molar-refractivity contribution in [3.63, 3.8) is 0 Å². The summed E-state index contributed by atoms with van der Waals surface area (Å²) in [5, 5.41) is 18.8. The Morgan fingerprint density at radius 1 is 1.00 bits per heavy atom. The zero-order chi connectivity index (χ0) is 26.5. The molecule has 0 unspecified atom stereocenters. The Bertz CT molecular complexity index is 1540. The molecular formula is C28H27N5O3S2. The summed E-state index contributed by atoms with van der Waals surface area (Å²) in [5.74, 6) is 1.25. The highest BCUT2D eigenvalue weighted by atomic mass is 32.2. The predicted molar refractivity (Wildman–Crippen MR) is 146 cm³/mol. The Kier molecular flexibility index (Phi) is 7.90. The lowest BCUT2D eigenvalue weighted by atomic mass is 10.1. The molecular weight excluding hydrogens is 518 g/mol. The first-order valence-corrected chi connectivity index (χ1v) is 14.7. The van der Waals surface area contributed by atoms with E-state index in [4.69, 9.17) is 10.00 Å². The van der Waals surface area contributed by atoms with Crippen LogP contribution in [0.25, 0.3) is 11.4 Å². The van der Waals surface area contributed by atoms with Crippen LogP contribution in [0.4, 0.5) is 0 Å². The molecule has 1 saturated heterocycles. The lowest BCUT2D eigenvalue weighted by Crippen LogP contribution is -2.40. The fourth-order valence-corrected chi connectivity index (χ4v) is 6.78. The fourth-order valence-electron chi connectivity index (χ4n) is 4.36. The van der Waals surface area contributed by atoms with Gasteiger partial charge in [0.1, 0.15) is 0 Å². The topological polar surface area (TPSA) is 101 Å². The van der Waals surface area contributed by atoms with E-state index in [0.29, 0.717) is 49.0 Å². The normalized spacial score (nSPS) is 15.2. The first-order valence-electron chi connectivity index (χ1n) is 12.3. The fraction of sp³-hybridized carbons (Fsp3) is 0.250. The molecule has 5 rings (SSSR count). The van der Waals surface area contributed by atoms with Crippen LogP contribution in [0.15, 0.2) is 88.9 Å². The zero-order valence-electron chi connectivity index (χ0n) is 20.9. The van der Waals surface area contributed by atoms with E-state index in [2.05, 4.69) is 39.9 Å². The van der Waals surface area contributed by atoms with Crippen molar-refractivity contribution in [1.29, 1.82) is 5.26 Å². The van der Waals surface area contributed by atoms with E-state index in [0.717, 1.165) is 16.3 Å². The van der Waals surface area contributed by atoms with Crippen LogP contribution in [0.1, 0.15) is 29.7 Å². The Hall–Kier alpha value is -3.49. The molecule has 38 heavy (non-hydrogen) atoms. The monoisotopic (exact) mass is 545 g/mol. The number of nitrogens with zero attached hydrogens (tertiary/aromatic N) is 5. The number of ether oxygens (including phenoxy) is 1. The van der Waals surface area contributed by atoms with E-state index < -0.39 is 10.0 Å². The Morgan fingerprint density at radius 2 is 1.74 bits per heavy atom. The van der Waals surface area contributed by atoms with Crippen molar-refractivity contribution < 1.29 is 13.2 Å². The number of hydrogen-bond acceptors (Lipinski definition) is 7. The van der Waals surface area contributed by atoms with E-state index in [1.54, 1.807) is 42.1 Å². The minimum atomic E-state index is -3.66. The standard InChI is InChI=1S/C28H27N5O3S2/c1-21(24-6-3-2-4-7-24)33-27(30-31-28(33)37-20-23-12-10-22(19-29)11-13-23)25-8-5-9-26(18-25)38(34,35)32-14-16-36-17-15-32/h2-13,18,21H,14-17,20H2,1H3/t21-/m0/s1. The molecule has 1 aliphatic heterocycles. The van der Waals surface area contributed by atoms with Crippen LogP contribution in [0.5, 0.6) is 0 Å². The highest BCUT2D eigenvalue weighted by molar-refractivity contribution is 7.98. The molecule has 10 heteroatoms. The van der Waals surface area contributed by atoms with E-state index in [-0.39, 0.29) is 10.9 Å². The summed E-state index contributed by atoms with van der Waals surface area (Å²) in [6.45, 7) is 3.54. The summed E-state index contributed by atoms with van der Waals surface area (Å²) in [6.07, 6.45) is 0. The average Bonchev–Trinajstić information content (AvgIpc) is 3.41. The first-order chi connectivity index (χ1) is 18.5. The van der Waals surface area contributed by atoms with E-state index in [9.17, 15) is 8.42 Å². The number of benzene rings is 3. The summed E-state index contributed by atoms with van der Waals surface area (Å²) in [7, 11) is -3.66. The third-order valence-corrected chi connectivity index (χ3v) is 9.39. The Balaban J connectivity index is 1.51. The lowest BCUT2D eigenvalue weighted by molar-refractivity contribution is 0.0730. The molecule has 0 aliphatic carbocycles. The van der Waals surface area contributed by atoms with E-state index in [1.807, 2.05) is 36.4 Å². The quantitative estimate of drug-likeness (QED) is 0.295. The van der Waals surface area contributed by atoms with E-state index >= 15 is 0 Å². The first kappa shape index (κ1) is 26.1. The van der Waals surface area contributed by atoms with Gasteiger partial charge in [-0.1, -0.05) is 66.4 Å². The number of rotatable bonds is 8. The van der Waals surface area contributed by atoms with Gasteiger partial charge in [-0.05, 0) is 42.3 Å². The van der Waals surface area contributed by atoms with Gasteiger partial charge < -0.3 is 4.74 Å². The van der Waals surface area contributed by atoms with Crippen molar-refractivity contribution in [2.45, 2.75) is 28.8 Å². The molecule has 1 aliphatic rings. The van der Waals surface area contributed by atoms with Crippen molar-refractivity contribution in [2.75, 3.05) is 26.3 Å². The van der Waals surface area contributed by atoms with Crippen molar-refractivity contribution in [2.24, 2.45) is 0 Å². The Labute approximate surface area is 226 Å². The average molecular weight is 546 g/mol. The molecule has 0 spiro atoms. The minimum absolute atomic E-state index is 0.0934. The summed E-state index contributed by atoms with van der Waals surface area (Å²) in [5.41, 5.74) is 3.45. The number of aromatic nitrogens is 3.